The molecule has 66 valence electrons. The fourth-order valence-electron chi connectivity index (χ4n) is 0.966. The van der Waals surface area contributed by atoms with Gasteiger partial charge in [-0.05, 0) is 13.3 Å². The Morgan fingerprint density at radius 2 is 2.67 bits per heavy atom. The largest absolute Gasteiger partial charge is 0.271 e. The second-order valence-corrected chi connectivity index (χ2v) is 2.75. The van der Waals surface area contributed by atoms with Crippen molar-refractivity contribution < 1.29 is 0 Å². The Kier molecular flexibility index (Phi) is 2.95. The highest BCUT2D eigenvalue weighted by molar-refractivity contribution is 5.00. The minimum absolute atomic E-state index is 0.0231. The molecule has 0 aromatic carbocycles. The molecule has 12 heavy (non-hydrogen) atoms. The first-order valence-corrected chi connectivity index (χ1v) is 3.69. The summed E-state index contributed by atoms with van der Waals surface area (Å²) in [4.78, 5) is 3.99. The molecule has 1 atom stereocenters. The number of hydrazine groups is 1. The normalized spacial score (nSPS) is 12.8. The molecular formula is C7H13N5. The Labute approximate surface area is 71.0 Å². The summed E-state index contributed by atoms with van der Waals surface area (Å²) in [6.45, 7) is 5.74. The van der Waals surface area contributed by atoms with E-state index in [4.69, 9.17) is 5.84 Å². The van der Waals surface area contributed by atoms with E-state index in [1.165, 1.54) is 6.33 Å². The smallest absolute Gasteiger partial charge is 0.143 e. The number of nitrogens with zero attached hydrogens (tertiary/aromatic N) is 2. The minimum Gasteiger partial charge on any atom is -0.271 e. The predicted molar refractivity (Wildman–Crippen MR) is 45.9 cm³/mol. The van der Waals surface area contributed by atoms with Gasteiger partial charge in [0.1, 0.15) is 12.2 Å². The number of hydrogen-bond donors (Lipinski definition) is 3. The molecule has 0 fully saturated rings. The zero-order chi connectivity index (χ0) is 8.97. The van der Waals surface area contributed by atoms with Gasteiger partial charge in [-0.1, -0.05) is 5.57 Å². The number of aromatic amines is 1. The van der Waals surface area contributed by atoms with Gasteiger partial charge in [0.2, 0.25) is 0 Å². The highest BCUT2D eigenvalue weighted by Gasteiger charge is 2.11. The number of nitrogens with two attached hydrogens (primary N) is 1. The van der Waals surface area contributed by atoms with Crippen molar-refractivity contribution in [3.63, 3.8) is 0 Å². The molecule has 0 saturated carbocycles. The van der Waals surface area contributed by atoms with Gasteiger partial charge in [-0.25, -0.2) is 10.4 Å². The molecule has 0 spiro atoms. The zero-order valence-corrected chi connectivity index (χ0v) is 7.04. The molecule has 5 heteroatoms. The lowest BCUT2D eigenvalue weighted by Crippen LogP contribution is -2.29. The molecule has 5 nitrogen and oxygen atoms in total. The first kappa shape index (κ1) is 8.89. The summed E-state index contributed by atoms with van der Waals surface area (Å²) in [7, 11) is 0. The Hall–Kier alpha value is -1.20. The van der Waals surface area contributed by atoms with Gasteiger partial charge in [0.05, 0.1) is 6.04 Å². The maximum Gasteiger partial charge on any atom is 0.143 e. The lowest BCUT2D eigenvalue weighted by Gasteiger charge is -2.11. The average molecular weight is 167 g/mol. The van der Waals surface area contributed by atoms with Gasteiger partial charge in [-0.3, -0.25) is 10.9 Å². The van der Waals surface area contributed by atoms with Crippen LogP contribution in [-0.2, 0) is 0 Å². The summed E-state index contributed by atoms with van der Waals surface area (Å²) in [5, 5.41) is 6.49. The topological polar surface area (TPSA) is 79.6 Å². The molecule has 1 heterocycles. The fourth-order valence-corrected chi connectivity index (χ4v) is 0.966. The maximum atomic E-state index is 5.33. The van der Waals surface area contributed by atoms with Crippen LogP contribution in [0.15, 0.2) is 18.5 Å². The lowest BCUT2D eigenvalue weighted by atomic mass is 10.1. The van der Waals surface area contributed by atoms with E-state index < -0.39 is 0 Å². The molecule has 0 bridgehead atoms. The maximum absolute atomic E-state index is 5.33. The highest BCUT2D eigenvalue weighted by Crippen LogP contribution is 2.14. The summed E-state index contributed by atoms with van der Waals surface area (Å²) in [6.07, 6.45) is 2.21. The van der Waals surface area contributed by atoms with Crippen molar-refractivity contribution in [2.45, 2.75) is 19.4 Å². The molecule has 0 saturated heterocycles. The third-order valence-electron chi connectivity index (χ3n) is 1.52. The fraction of sp³-hybridized carbons (Fsp3) is 0.429. The van der Waals surface area contributed by atoms with Gasteiger partial charge in [-0.2, -0.15) is 5.10 Å². The van der Waals surface area contributed by atoms with Crippen LogP contribution >= 0.6 is 0 Å². The number of hydrogen-bond acceptors (Lipinski definition) is 4. The van der Waals surface area contributed by atoms with Crippen molar-refractivity contribution in [1.82, 2.24) is 20.6 Å². The highest BCUT2D eigenvalue weighted by atomic mass is 15.3. The second-order valence-electron chi connectivity index (χ2n) is 2.75. The van der Waals surface area contributed by atoms with Crippen molar-refractivity contribution in [1.29, 1.82) is 0 Å². The molecule has 0 aliphatic carbocycles. The van der Waals surface area contributed by atoms with Crippen molar-refractivity contribution in [3.05, 3.63) is 24.3 Å². The minimum atomic E-state index is -0.0231. The lowest BCUT2D eigenvalue weighted by molar-refractivity contribution is 0.523. The monoisotopic (exact) mass is 167 g/mol. The van der Waals surface area contributed by atoms with Crippen LogP contribution in [-0.4, -0.2) is 15.2 Å². The third kappa shape index (κ3) is 2.14. The Morgan fingerprint density at radius 1 is 1.92 bits per heavy atom. The van der Waals surface area contributed by atoms with Gasteiger partial charge < -0.3 is 0 Å². The van der Waals surface area contributed by atoms with Crippen LogP contribution in [0.4, 0.5) is 0 Å². The molecule has 1 rings (SSSR count). The molecular weight excluding hydrogens is 154 g/mol. The third-order valence-corrected chi connectivity index (χ3v) is 1.52. The molecule has 0 aliphatic heterocycles. The molecule has 0 amide bonds. The van der Waals surface area contributed by atoms with Crippen molar-refractivity contribution >= 4 is 0 Å². The summed E-state index contributed by atoms with van der Waals surface area (Å²) >= 11 is 0. The summed E-state index contributed by atoms with van der Waals surface area (Å²) in [5.41, 5.74) is 3.69. The van der Waals surface area contributed by atoms with E-state index in [-0.39, 0.29) is 6.04 Å². The van der Waals surface area contributed by atoms with Crippen LogP contribution < -0.4 is 11.3 Å². The number of aromatic nitrogens is 3. The standard InChI is InChI=1S/C7H13N5/c1-5(2)3-6(11-8)7-9-4-10-12-7/h4,6,11H,1,3,8H2,2H3,(H,9,10,12). The number of rotatable bonds is 4. The Bertz CT molecular complexity index is 240. The van der Waals surface area contributed by atoms with Gasteiger partial charge in [-0.15, -0.1) is 6.58 Å². The molecule has 0 aliphatic rings. The van der Waals surface area contributed by atoms with Crippen molar-refractivity contribution in [2.75, 3.05) is 0 Å². The van der Waals surface area contributed by atoms with E-state index in [0.717, 1.165) is 17.8 Å². The molecule has 0 radical (unpaired) electrons. The van der Waals surface area contributed by atoms with E-state index in [1.54, 1.807) is 0 Å². The van der Waals surface area contributed by atoms with E-state index in [0.29, 0.717) is 0 Å². The summed E-state index contributed by atoms with van der Waals surface area (Å²) in [5.74, 6) is 6.07. The van der Waals surface area contributed by atoms with Gasteiger partial charge in [0.25, 0.3) is 0 Å². The summed E-state index contributed by atoms with van der Waals surface area (Å²) < 4.78 is 0. The molecule has 1 aromatic heterocycles. The van der Waals surface area contributed by atoms with E-state index in [2.05, 4.69) is 27.2 Å². The van der Waals surface area contributed by atoms with Crippen LogP contribution in [0.5, 0.6) is 0 Å². The molecule has 1 unspecified atom stereocenters. The Balaban J connectivity index is 2.63. The van der Waals surface area contributed by atoms with Gasteiger partial charge >= 0.3 is 0 Å². The van der Waals surface area contributed by atoms with Crippen molar-refractivity contribution in [3.8, 4) is 0 Å². The van der Waals surface area contributed by atoms with Crippen LogP contribution in [0.3, 0.4) is 0 Å². The SMILES string of the molecule is C=C(C)CC(NN)c1ncn[nH]1. The van der Waals surface area contributed by atoms with E-state index in [9.17, 15) is 0 Å². The first-order valence-electron chi connectivity index (χ1n) is 3.69. The number of H-pyrrole nitrogens is 1. The van der Waals surface area contributed by atoms with E-state index >= 15 is 0 Å². The quantitative estimate of drug-likeness (QED) is 0.342. The van der Waals surface area contributed by atoms with Gasteiger partial charge in [0.15, 0.2) is 0 Å². The summed E-state index contributed by atoms with van der Waals surface area (Å²) in [6, 6.07) is -0.0231. The molecule has 1 aromatic rings. The number of nitrogens with one attached hydrogen (secondary N) is 2. The van der Waals surface area contributed by atoms with Crippen LogP contribution in [0.25, 0.3) is 0 Å². The van der Waals surface area contributed by atoms with Gasteiger partial charge in [0, 0.05) is 0 Å². The van der Waals surface area contributed by atoms with Crippen LogP contribution in [0.2, 0.25) is 0 Å². The van der Waals surface area contributed by atoms with Crippen molar-refractivity contribution in [2.24, 2.45) is 5.84 Å². The Morgan fingerprint density at radius 3 is 3.08 bits per heavy atom. The van der Waals surface area contributed by atoms with E-state index in [1.807, 2.05) is 6.92 Å². The average Bonchev–Trinajstić information content (AvgIpc) is 2.51. The van der Waals surface area contributed by atoms with Crippen LogP contribution in [0.1, 0.15) is 25.2 Å². The van der Waals surface area contributed by atoms with Crippen LogP contribution in [0, 0.1) is 0 Å². The first-order chi connectivity index (χ1) is 5.74. The second kappa shape index (κ2) is 3.99. The predicted octanol–water partition coefficient (Wildman–Crippen LogP) is 0.275. The molecule has 4 N–H and O–H groups in total. The zero-order valence-electron chi connectivity index (χ0n) is 7.04.